The van der Waals surface area contributed by atoms with Gasteiger partial charge in [-0.25, -0.2) is 0 Å². The number of hydrogen-bond acceptors (Lipinski definition) is 5. The number of nitrogens with two attached hydrogens (primary N) is 1. The Bertz CT molecular complexity index is 684. The van der Waals surface area contributed by atoms with Gasteiger partial charge in [-0.15, -0.1) is 12.4 Å². The number of benzene rings is 1. The van der Waals surface area contributed by atoms with Crippen molar-refractivity contribution in [3.63, 3.8) is 0 Å². The summed E-state index contributed by atoms with van der Waals surface area (Å²) in [4.78, 5) is 15.0. The Morgan fingerprint density at radius 1 is 1.28 bits per heavy atom. The maximum Gasteiger partial charge on any atom is 0.255 e. The molecule has 136 valence electrons. The van der Waals surface area contributed by atoms with Gasteiger partial charge in [0.2, 0.25) is 0 Å². The van der Waals surface area contributed by atoms with E-state index in [0.29, 0.717) is 36.2 Å². The van der Waals surface area contributed by atoms with E-state index in [1.165, 1.54) is 0 Å². The highest BCUT2D eigenvalue weighted by atomic mass is 35.5. The van der Waals surface area contributed by atoms with Crippen LogP contribution < -0.4 is 20.5 Å². The first-order chi connectivity index (χ1) is 11.6. The number of primary amides is 1. The van der Waals surface area contributed by atoms with Crippen molar-refractivity contribution in [1.82, 2.24) is 10.3 Å². The fourth-order valence-electron chi connectivity index (χ4n) is 2.12. The normalized spacial score (nSPS) is 10.0. The Kier molecular flexibility index (Phi) is 9.05. The van der Waals surface area contributed by atoms with E-state index in [9.17, 15) is 4.79 Å². The van der Waals surface area contributed by atoms with Crippen LogP contribution in [0.15, 0.2) is 36.7 Å². The van der Waals surface area contributed by atoms with E-state index in [0.717, 1.165) is 11.1 Å². The molecule has 2 aromatic rings. The van der Waals surface area contributed by atoms with Gasteiger partial charge >= 0.3 is 0 Å². The van der Waals surface area contributed by atoms with Crippen molar-refractivity contribution in [3.8, 4) is 11.5 Å². The first-order valence-electron chi connectivity index (χ1n) is 7.56. The van der Waals surface area contributed by atoms with Crippen LogP contribution in [0.3, 0.4) is 0 Å². The average Bonchev–Trinajstić information content (AvgIpc) is 2.55. The molecule has 0 bridgehead atoms. The number of ether oxygens (including phenoxy) is 2. The van der Waals surface area contributed by atoms with Gasteiger partial charge in [-0.2, -0.15) is 0 Å². The summed E-state index contributed by atoms with van der Waals surface area (Å²) >= 11 is 6.25. The summed E-state index contributed by atoms with van der Waals surface area (Å²) < 4.78 is 10.9. The minimum Gasteiger partial charge on any atom is -0.490 e. The quantitative estimate of drug-likeness (QED) is 0.692. The molecule has 0 radical (unpaired) electrons. The molecule has 0 aliphatic carbocycles. The van der Waals surface area contributed by atoms with Crippen LogP contribution in [0.2, 0.25) is 5.02 Å². The van der Waals surface area contributed by atoms with Gasteiger partial charge in [0.15, 0.2) is 18.1 Å². The standard InChI is InChI=1S/C17H20ClN3O3.ClH/c1-2-23-15-7-13(6-14(18)17(15)24-11-16(19)22)10-21-9-12-4-3-5-20-8-12;/h3-8,21H,2,9-11H2,1H3,(H2,19,22);1H. The zero-order chi connectivity index (χ0) is 17.4. The number of aromatic nitrogens is 1. The smallest absolute Gasteiger partial charge is 0.255 e. The summed E-state index contributed by atoms with van der Waals surface area (Å²) in [6.45, 7) is 3.35. The van der Waals surface area contributed by atoms with Gasteiger partial charge in [0.25, 0.3) is 5.91 Å². The number of nitrogens with one attached hydrogen (secondary N) is 1. The van der Waals surface area contributed by atoms with E-state index in [2.05, 4.69) is 10.3 Å². The summed E-state index contributed by atoms with van der Waals surface area (Å²) in [5.41, 5.74) is 7.14. The summed E-state index contributed by atoms with van der Waals surface area (Å²) in [5, 5.41) is 3.69. The summed E-state index contributed by atoms with van der Waals surface area (Å²) in [5.74, 6) is 0.244. The third kappa shape index (κ3) is 6.78. The lowest BCUT2D eigenvalue weighted by atomic mass is 10.2. The van der Waals surface area contributed by atoms with Crippen LogP contribution in [0.4, 0.5) is 0 Å². The Balaban J connectivity index is 0.00000312. The number of rotatable bonds is 9. The van der Waals surface area contributed by atoms with Crippen LogP contribution >= 0.6 is 24.0 Å². The molecule has 0 aliphatic rings. The monoisotopic (exact) mass is 385 g/mol. The first kappa shape index (κ1) is 21.0. The van der Waals surface area contributed by atoms with E-state index in [1.807, 2.05) is 31.3 Å². The summed E-state index contributed by atoms with van der Waals surface area (Å²) in [6.07, 6.45) is 3.55. The van der Waals surface area contributed by atoms with Gasteiger partial charge < -0.3 is 20.5 Å². The largest absolute Gasteiger partial charge is 0.490 e. The van der Waals surface area contributed by atoms with Crippen LogP contribution in [0.1, 0.15) is 18.1 Å². The lowest BCUT2D eigenvalue weighted by Crippen LogP contribution is -2.20. The van der Waals surface area contributed by atoms with Gasteiger partial charge in [0, 0.05) is 25.5 Å². The second-order valence-electron chi connectivity index (χ2n) is 5.06. The maximum atomic E-state index is 10.9. The molecule has 25 heavy (non-hydrogen) atoms. The third-order valence-electron chi connectivity index (χ3n) is 3.11. The van der Waals surface area contributed by atoms with Crippen LogP contribution in [0.5, 0.6) is 11.5 Å². The van der Waals surface area contributed by atoms with Crippen molar-refractivity contribution < 1.29 is 14.3 Å². The fourth-order valence-corrected chi connectivity index (χ4v) is 2.41. The van der Waals surface area contributed by atoms with Crippen LogP contribution in [-0.4, -0.2) is 24.1 Å². The van der Waals surface area contributed by atoms with E-state index >= 15 is 0 Å². The molecule has 1 amide bonds. The molecule has 0 saturated carbocycles. The second-order valence-corrected chi connectivity index (χ2v) is 5.46. The zero-order valence-electron chi connectivity index (χ0n) is 13.8. The van der Waals surface area contributed by atoms with Gasteiger partial charge in [-0.1, -0.05) is 17.7 Å². The van der Waals surface area contributed by atoms with Gasteiger partial charge in [-0.3, -0.25) is 9.78 Å². The number of hydrogen-bond donors (Lipinski definition) is 2. The second kappa shape index (κ2) is 10.8. The number of carbonyl (C=O) groups is 1. The first-order valence-corrected chi connectivity index (χ1v) is 7.94. The number of pyridine rings is 1. The zero-order valence-corrected chi connectivity index (χ0v) is 15.4. The van der Waals surface area contributed by atoms with E-state index in [1.54, 1.807) is 12.3 Å². The molecule has 0 unspecified atom stereocenters. The fraction of sp³-hybridized carbons (Fsp3) is 0.294. The minimum absolute atomic E-state index is 0. The molecule has 2 rings (SSSR count). The number of amides is 1. The minimum atomic E-state index is -0.573. The summed E-state index contributed by atoms with van der Waals surface area (Å²) in [6, 6.07) is 7.50. The molecular weight excluding hydrogens is 365 g/mol. The molecule has 0 fully saturated rings. The van der Waals surface area contributed by atoms with E-state index in [-0.39, 0.29) is 19.0 Å². The molecule has 0 aliphatic heterocycles. The number of carbonyl (C=O) groups excluding carboxylic acids is 1. The molecule has 1 aromatic carbocycles. The molecule has 0 saturated heterocycles. The molecule has 6 nitrogen and oxygen atoms in total. The van der Waals surface area contributed by atoms with Crippen molar-refractivity contribution in [1.29, 1.82) is 0 Å². The molecule has 1 heterocycles. The Morgan fingerprint density at radius 3 is 2.68 bits per heavy atom. The SMILES string of the molecule is CCOc1cc(CNCc2cccnc2)cc(Cl)c1OCC(N)=O.Cl. The Morgan fingerprint density at radius 2 is 2.04 bits per heavy atom. The van der Waals surface area contributed by atoms with Crippen LogP contribution in [0.25, 0.3) is 0 Å². The van der Waals surface area contributed by atoms with Crippen LogP contribution in [0, 0.1) is 0 Å². The molecular formula is C17H21Cl2N3O3. The average molecular weight is 386 g/mol. The summed E-state index contributed by atoms with van der Waals surface area (Å²) in [7, 11) is 0. The molecule has 0 atom stereocenters. The number of halogens is 2. The lowest BCUT2D eigenvalue weighted by Gasteiger charge is -2.15. The highest BCUT2D eigenvalue weighted by molar-refractivity contribution is 6.32. The molecule has 3 N–H and O–H groups in total. The van der Waals surface area contributed by atoms with E-state index < -0.39 is 5.91 Å². The third-order valence-corrected chi connectivity index (χ3v) is 3.39. The predicted octanol–water partition coefficient (Wildman–Crippen LogP) is 2.71. The lowest BCUT2D eigenvalue weighted by molar-refractivity contribution is -0.119. The number of nitrogens with zero attached hydrogens (tertiary/aromatic N) is 1. The molecule has 0 spiro atoms. The topological polar surface area (TPSA) is 86.5 Å². The maximum absolute atomic E-state index is 10.9. The van der Waals surface area contributed by atoms with Crippen molar-refractivity contribution in [3.05, 3.63) is 52.8 Å². The van der Waals surface area contributed by atoms with Crippen molar-refractivity contribution in [2.24, 2.45) is 5.73 Å². The Hall–Kier alpha value is -2.02. The highest BCUT2D eigenvalue weighted by Gasteiger charge is 2.13. The highest BCUT2D eigenvalue weighted by Crippen LogP contribution is 2.36. The van der Waals surface area contributed by atoms with Crippen LogP contribution in [-0.2, 0) is 17.9 Å². The van der Waals surface area contributed by atoms with Crippen molar-refractivity contribution in [2.45, 2.75) is 20.0 Å². The molecule has 1 aromatic heterocycles. The van der Waals surface area contributed by atoms with Gasteiger partial charge in [-0.05, 0) is 36.2 Å². The van der Waals surface area contributed by atoms with Crippen molar-refractivity contribution in [2.75, 3.05) is 13.2 Å². The van der Waals surface area contributed by atoms with E-state index in [4.69, 9.17) is 26.8 Å². The molecule has 8 heteroatoms. The van der Waals surface area contributed by atoms with Gasteiger partial charge in [0.1, 0.15) is 0 Å². The van der Waals surface area contributed by atoms with Gasteiger partial charge in [0.05, 0.1) is 11.6 Å². The Labute approximate surface area is 158 Å². The predicted molar refractivity (Wildman–Crippen MR) is 99.3 cm³/mol. The van der Waals surface area contributed by atoms with Crippen molar-refractivity contribution >= 4 is 29.9 Å².